The van der Waals surface area contributed by atoms with Crippen molar-refractivity contribution in [2.24, 2.45) is 0 Å². The lowest BCUT2D eigenvalue weighted by Gasteiger charge is -2.04. The van der Waals surface area contributed by atoms with Gasteiger partial charge in [0, 0.05) is 10.7 Å². The van der Waals surface area contributed by atoms with Crippen molar-refractivity contribution < 1.29 is 20.6 Å². The lowest BCUT2D eigenvalue weighted by Crippen LogP contribution is -1.99. The molecular formula is C12H8Cl2O5S2. The van der Waals surface area contributed by atoms with Crippen molar-refractivity contribution in [3.63, 3.8) is 0 Å². The molecule has 0 aliphatic heterocycles. The summed E-state index contributed by atoms with van der Waals surface area (Å²) in [5.41, 5.74) is 1.40. The van der Waals surface area contributed by atoms with Crippen LogP contribution in [-0.4, -0.2) is 16.8 Å². The summed E-state index contributed by atoms with van der Waals surface area (Å²) < 4.78 is 48.9. The topological polar surface area (TPSA) is 77.5 Å². The van der Waals surface area contributed by atoms with Crippen molar-refractivity contribution in [3.8, 4) is 11.1 Å². The van der Waals surface area contributed by atoms with E-state index in [0.717, 1.165) is 0 Å². The van der Waals surface area contributed by atoms with E-state index in [9.17, 15) is 16.8 Å². The molecule has 0 heterocycles. The Balaban J connectivity index is 2.36. The summed E-state index contributed by atoms with van der Waals surface area (Å²) in [6.07, 6.45) is 0. The van der Waals surface area contributed by atoms with Gasteiger partial charge < -0.3 is 0 Å². The summed E-state index contributed by atoms with van der Waals surface area (Å²) in [4.78, 5) is -0.0936. The van der Waals surface area contributed by atoms with Crippen LogP contribution in [0, 0.1) is 0 Å². The monoisotopic (exact) mass is 366 g/mol. The van der Waals surface area contributed by atoms with Gasteiger partial charge in [0.25, 0.3) is 9.05 Å². The van der Waals surface area contributed by atoms with Gasteiger partial charge in [0.15, 0.2) is 0 Å². The highest BCUT2D eigenvalue weighted by molar-refractivity contribution is 8.13. The number of hydrogen-bond donors (Lipinski definition) is 0. The minimum atomic E-state index is -3.95. The van der Waals surface area contributed by atoms with Crippen LogP contribution in [-0.2, 0) is 22.9 Å². The molecule has 0 bridgehead atoms. The molecule has 0 saturated heterocycles. The van der Waals surface area contributed by atoms with E-state index in [1.165, 1.54) is 24.3 Å². The summed E-state index contributed by atoms with van der Waals surface area (Å²) >= 11 is 4.89. The molecule has 0 aliphatic carbocycles. The molecule has 0 amide bonds. The van der Waals surface area contributed by atoms with E-state index in [4.69, 9.17) is 22.5 Å². The second-order valence-electron chi connectivity index (χ2n) is 4.00. The molecule has 0 aromatic heterocycles. The fraction of sp³-hybridized carbons (Fsp3) is 0. The highest BCUT2D eigenvalue weighted by Crippen LogP contribution is 2.24. The van der Waals surface area contributed by atoms with Gasteiger partial charge in [-0.25, -0.2) is 8.42 Å². The van der Waals surface area contributed by atoms with Gasteiger partial charge in [-0.05, 0) is 35.4 Å². The summed E-state index contributed by atoms with van der Waals surface area (Å²) in [6, 6.07) is 11.6. The van der Waals surface area contributed by atoms with Gasteiger partial charge in [-0.3, -0.25) is 0 Å². The maximum Gasteiger partial charge on any atom is 0.312 e. The predicted molar refractivity (Wildman–Crippen MR) is 79.0 cm³/mol. The Kier molecular flexibility index (Phi) is 4.60. The van der Waals surface area contributed by atoms with E-state index in [1.807, 2.05) is 0 Å². The standard InChI is InChI=1S/C12H8Cl2O5S2/c13-19-21(17,18)12-7-3-10(4-8-12)9-1-5-11(6-2-9)20(14,15)16/h1-8H. The molecule has 2 rings (SSSR count). The second-order valence-corrected chi connectivity index (χ2v) is 8.45. The van der Waals surface area contributed by atoms with Crippen LogP contribution in [0.25, 0.3) is 11.1 Å². The average molecular weight is 367 g/mol. The predicted octanol–water partition coefficient (Wildman–Crippen LogP) is 3.14. The SMILES string of the molecule is O=S(=O)(Cl)c1ccc(-c2ccc(S(=O)(=O)OCl)cc2)cc1. The highest BCUT2D eigenvalue weighted by atomic mass is 35.7. The van der Waals surface area contributed by atoms with Crippen molar-refractivity contribution in [1.82, 2.24) is 0 Å². The smallest absolute Gasteiger partial charge is 0.207 e. The number of rotatable bonds is 4. The molecule has 2 aromatic rings. The Morgan fingerprint density at radius 1 is 0.714 bits per heavy atom. The van der Waals surface area contributed by atoms with Crippen LogP contribution in [0.1, 0.15) is 0 Å². The molecule has 9 heteroatoms. The van der Waals surface area contributed by atoms with Crippen LogP contribution in [0.15, 0.2) is 58.3 Å². The van der Waals surface area contributed by atoms with Gasteiger partial charge in [0.05, 0.1) is 21.7 Å². The van der Waals surface area contributed by atoms with Crippen LogP contribution >= 0.6 is 22.5 Å². The summed E-state index contributed by atoms with van der Waals surface area (Å²) in [7, 11) is -2.50. The molecule has 2 aromatic carbocycles. The highest BCUT2D eigenvalue weighted by Gasteiger charge is 2.14. The van der Waals surface area contributed by atoms with E-state index >= 15 is 0 Å². The van der Waals surface area contributed by atoms with E-state index in [-0.39, 0.29) is 9.79 Å². The maximum atomic E-state index is 11.4. The van der Waals surface area contributed by atoms with Crippen LogP contribution < -0.4 is 0 Å². The largest absolute Gasteiger partial charge is 0.312 e. The van der Waals surface area contributed by atoms with Crippen molar-refractivity contribution in [2.75, 3.05) is 0 Å². The van der Waals surface area contributed by atoms with Gasteiger partial charge in [0.1, 0.15) is 0 Å². The molecule has 5 nitrogen and oxygen atoms in total. The van der Waals surface area contributed by atoms with Gasteiger partial charge in [-0.2, -0.15) is 12.2 Å². The maximum absolute atomic E-state index is 11.4. The third-order valence-electron chi connectivity index (χ3n) is 2.70. The number of hydrogen-bond acceptors (Lipinski definition) is 5. The first-order valence-corrected chi connectivity index (χ1v) is 9.47. The molecule has 0 aliphatic rings. The quantitative estimate of drug-likeness (QED) is 0.776. The minimum Gasteiger partial charge on any atom is -0.207 e. The number of halogens is 2. The Hall–Kier alpha value is -1.12. The third kappa shape index (κ3) is 3.75. The van der Waals surface area contributed by atoms with Crippen molar-refractivity contribution >= 4 is 41.7 Å². The third-order valence-corrected chi connectivity index (χ3v) is 5.58. The van der Waals surface area contributed by atoms with E-state index in [1.54, 1.807) is 24.3 Å². The minimum absolute atomic E-state index is 0.0114. The Bertz CT molecular complexity index is 842. The first-order valence-electron chi connectivity index (χ1n) is 5.44. The van der Waals surface area contributed by atoms with Crippen LogP contribution in [0.4, 0.5) is 0 Å². The fourth-order valence-corrected chi connectivity index (χ4v) is 3.19. The molecular weight excluding hydrogens is 359 g/mol. The lowest BCUT2D eigenvalue weighted by molar-refractivity contribution is 0.509. The van der Waals surface area contributed by atoms with E-state index in [0.29, 0.717) is 11.1 Å². The van der Waals surface area contributed by atoms with E-state index < -0.39 is 19.2 Å². The zero-order chi connectivity index (χ0) is 15.7. The summed E-state index contributed by atoms with van der Waals surface area (Å²) in [6.45, 7) is 0. The average Bonchev–Trinajstić information content (AvgIpc) is 2.47. The fourth-order valence-electron chi connectivity index (χ4n) is 1.66. The molecule has 0 atom stereocenters. The molecule has 0 fully saturated rings. The van der Waals surface area contributed by atoms with Crippen molar-refractivity contribution in [3.05, 3.63) is 48.5 Å². The zero-order valence-corrected chi connectivity index (χ0v) is 13.4. The normalized spacial score (nSPS) is 12.3. The van der Waals surface area contributed by atoms with Crippen LogP contribution in [0.2, 0.25) is 0 Å². The van der Waals surface area contributed by atoms with Crippen LogP contribution in [0.5, 0.6) is 0 Å². The molecule has 0 saturated carbocycles. The van der Waals surface area contributed by atoms with E-state index in [2.05, 4.69) is 3.74 Å². The first-order chi connectivity index (χ1) is 9.74. The lowest BCUT2D eigenvalue weighted by atomic mass is 10.1. The molecule has 0 unspecified atom stereocenters. The molecule has 21 heavy (non-hydrogen) atoms. The summed E-state index contributed by atoms with van der Waals surface area (Å²) in [5, 5.41) is 0. The van der Waals surface area contributed by atoms with Gasteiger partial charge in [0.2, 0.25) is 0 Å². The molecule has 0 spiro atoms. The molecule has 0 N–H and O–H groups in total. The second kappa shape index (κ2) is 5.94. The first kappa shape index (κ1) is 16.3. The Labute approximate surface area is 131 Å². The molecule has 112 valence electrons. The van der Waals surface area contributed by atoms with Gasteiger partial charge in [-0.1, -0.05) is 24.3 Å². The van der Waals surface area contributed by atoms with Gasteiger partial charge in [-0.15, -0.1) is 0 Å². The van der Waals surface area contributed by atoms with Gasteiger partial charge >= 0.3 is 10.1 Å². The van der Waals surface area contributed by atoms with Crippen LogP contribution in [0.3, 0.4) is 0 Å². The van der Waals surface area contributed by atoms with Crippen molar-refractivity contribution in [1.29, 1.82) is 0 Å². The Morgan fingerprint density at radius 3 is 1.43 bits per heavy atom. The molecule has 0 radical (unpaired) electrons. The number of benzene rings is 2. The zero-order valence-electron chi connectivity index (χ0n) is 10.2. The Morgan fingerprint density at radius 2 is 1.10 bits per heavy atom. The van der Waals surface area contributed by atoms with Crippen molar-refractivity contribution in [2.45, 2.75) is 9.79 Å². The summed E-state index contributed by atoms with van der Waals surface area (Å²) in [5.74, 6) is 0.